The van der Waals surface area contributed by atoms with E-state index >= 15 is 0 Å². The Morgan fingerprint density at radius 1 is 1.47 bits per heavy atom. The maximum absolute atomic E-state index is 12.9. The maximum atomic E-state index is 12.9. The summed E-state index contributed by atoms with van der Waals surface area (Å²) in [6.45, 7) is 4.01. The lowest BCUT2D eigenvalue weighted by Crippen LogP contribution is -2.13. The second-order valence-corrected chi connectivity index (χ2v) is 4.13. The van der Waals surface area contributed by atoms with Crippen LogP contribution in [-0.4, -0.2) is 13.1 Å². The van der Waals surface area contributed by atoms with Crippen LogP contribution in [0.4, 0.5) is 4.39 Å². The van der Waals surface area contributed by atoms with Crippen molar-refractivity contribution in [3.8, 4) is 0 Å². The predicted molar refractivity (Wildman–Crippen MR) is 66.3 cm³/mol. The van der Waals surface area contributed by atoms with Gasteiger partial charge in [0.2, 0.25) is 0 Å². The van der Waals surface area contributed by atoms with Gasteiger partial charge in [0.1, 0.15) is 5.82 Å². The Kier molecular flexibility index (Phi) is 5.58. The van der Waals surface area contributed by atoms with Gasteiger partial charge in [-0.15, -0.1) is 0 Å². The number of halogens is 2. The van der Waals surface area contributed by atoms with Gasteiger partial charge in [0.15, 0.2) is 0 Å². The molecular weight excluding hydrogens is 257 g/mol. The van der Waals surface area contributed by atoms with E-state index in [1.165, 1.54) is 6.07 Å². The quantitative estimate of drug-likeness (QED) is 0.807. The Morgan fingerprint density at radius 2 is 2.27 bits per heavy atom. The monoisotopic (exact) mass is 271 g/mol. The van der Waals surface area contributed by atoms with E-state index in [1.54, 1.807) is 12.1 Å². The van der Waals surface area contributed by atoms with Crippen molar-refractivity contribution in [1.82, 2.24) is 5.32 Å². The van der Waals surface area contributed by atoms with Crippen LogP contribution in [0.1, 0.15) is 18.9 Å². The standard InChI is InChI=1S/C12H15BrFN/c1-2-7-15-8-3-4-10-5-6-12(14)11(13)9-10/h3-6,9,15H,2,7-8H2,1H3. The number of rotatable bonds is 5. The number of benzene rings is 1. The molecule has 0 bridgehead atoms. The third kappa shape index (κ3) is 4.58. The summed E-state index contributed by atoms with van der Waals surface area (Å²) in [7, 11) is 0. The Hall–Kier alpha value is -0.670. The molecule has 0 aromatic heterocycles. The fourth-order valence-corrected chi connectivity index (χ4v) is 1.57. The molecule has 0 aliphatic rings. The molecule has 1 N–H and O–H groups in total. The van der Waals surface area contributed by atoms with Gasteiger partial charge in [-0.05, 0) is 46.6 Å². The molecule has 15 heavy (non-hydrogen) atoms. The van der Waals surface area contributed by atoms with Gasteiger partial charge in [0.05, 0.1) is 4.47 Å². The molecule has 0 fully saturated rings. The fourth-order valence-electron chi connectivity index (χ4n) is 1.17. The highest BCUT2D eigenvalue weighted by Gasteiger charge is 1.97. The summed E-state index contributed by atoms with van der Waals surface area (Å²) in [5, 5.41) is 3.26. The largest absolute Gasteiger partial charge is 0.313 e. The molecule has 1 aromatic rings. The molecule has 0 unspecified atom stereocenters. The lowest BCUT2D eigenvalue weighted by Gasteiger charge is -1.98. The molecule has 0 atom stereocenters. The van der Waals surface area contributed by atoms with E-state index in [-0.39, 0.29) is 5.82 Å². The first-order valence-corrected chi connectivity index (χ1v) is 5.85. The molecule has 0 radical (unpaired) electrons. The summed E-state index contributed by atoms with van der Waals surface area (Å²) in [5.41, 5.74) is 1.00. The Morgan fingerprint density at radius 3 is 2.93 bits per heavy atom. The first-order valence-electron chi connectivity index (χ1n) is 5.06. The molecular formula is C12H15BrFN. The normalized spacial score (nSPS) is 11.1. The second-order valence-electron chi connectivity index (χ2n) is 3.28. The predicted octanol–water partition coefficient (Wildman–Crippen LogP) is 3.60. The van der Waals surface area contributed by atoms with Crippen LogP contribution < -0.4 is 5.32 Å². The summed E-state index contributed by atoms with van der Waals surface area (Å²) in [6.07, 6.45) is 5.15. The average molecular weight is 272 g/mol. The smallest absolute Gasteiger partial charge is 0.137 e. The van der Waals surface area contributed by atoms with E-state index < -0.39 is 0 Å². The highest BCUT2D eigenvalue weighted by atomic mass is 79.9. The molecule has 0 aliphatic heterocycles. The Balaban J connectivity index is 2.46. The van der Waals surface area contributed by atoms with E-state index in [0.29, 0.717) is 4.47 Å². The third-order valence-corrected chi connectivity index (χ3v) is 2.55. The molecule has 1 aromatic carbocycles. The van der Waals surface area contributed by atoms with Gasteiger partial charge in [-0.3, -0.25) is 0 Å². The topological polar surface area (TPSA) is 12.0 Å². The molecule has 0 aliphatic carbocycles. The number of nitrogens with one attached hydrogen (secondary N) is 1. The van der Waals surface area contributed by atoms with Gasteiger partial charge in [0.25, 0.3) is 0 Å². The molecule has 1 rings (SSSR count). The van der Waals surface area contributed by atoms with Crippen molar-refractivity contribution in [1.29, 1.82) is 0 Å². The number of hydrogen-bond acceptors (Lipinski definition) is 1. The Labute approximate surface area is 98.5 Å². The van der Waals surface area contributed by atoms with Crippen molar-refractivity contribution in [3.05, 3.63) is 40.1 Å². The zero-order chi connectivity index (χ0) is 11.1. The molecule has 3 heteroatoms. The SMILES string of the molecule is CCCNCC=Cc1ccc(F)c(Br)c1. The summed E-state index contributed by atoms with van der Waals surface area (Å²) in [4.78, 5) is 0. The molecule has 82 valence electrons. The highest BCUT2D eigenvalue weighted by molar-refractivity contribution is 9.10. The van der Waals surface area contributed by atoms with Crippen LogP contribution in [0.2, 0.25) is 0 Å². The van der Waals surface area contributed by atoms with E-state index in [1.807, 2.05) is 12.2 Å². The highest BCUT2D eigenvalue weighted by Crippen LogP contribution is 2.17. The fraction of sp³-hybridized carbons (Fsp3) is 0.333. The summed E-state index contributed by atoms with van der Waals surface area (Å²) in [6, 6.07) is 4.99. The number of hydrogen-bond donors (Lipinski definition) is 1. The summed E-state index contributed by atoms with van der Waals surface area (Å²) in [5.74, 6) is -0.226. The van der Waals surface area contributed by atoms with Gasteiger partial charge >= 0.3 is 0 Å². The van der Waals surface area contributed by atoms with Crippen LogP contribution >= 0.6 is 15.9 Å². The van der Waals surface area contributed by atoms with E-state index in [4.69, 9.17) is 0 Å². The van der Waals surface area contributed by atoms with Crippen LogP contribution in [0.15, 0.2) is 28.7 Å². The summed E-state index contributed by atoms with van der Waals surface area (Å²) < 4.78 is 13.4. The maximum Gasteiger partial charge on any atom is 0.137 e. The van der Waals surface area contributed by atoms with Gasteiger partial charge in [-0.25, -0.2) is 4.39 Å². The molecule has 0 saturated heterocycles. The summed E-state index contributed by atoms with van der Waals surface area (Å²) >= 11 is 3.16. The van der Waals surface area contributed by atoms with Crippen molar-refractivity contribution >= 4 is 22.0 Å². The van der Waals surface area contributed by atoms with Gasteiger partial charge in [-0.2, -0.15) is 0 Å². The van der Waals surface area contributed by atoms with Gasteiger partial charge in [-0.1, -0.05) is 25.1 Å². The minimum atomic E-state index is -0.226. The Bertz CT molecular complexity index is 336. The van der Waals surface area contributed by atoms with Crippen molar-refractivity contribution in [3.63, 3.8) is 0 Å². The van der Waals surface area contributed by atoms with Crippen LogP contribution in [0.5, 0.6) is 0 Å². The lowest BCUT2D eigenvalue weighted by atomic mass is 10.2. The first-order chi connectivity index (χ1) is 7.24. The van der Waals surface area contributed by atoms with E-state index in [0.717, 1.165) is 25.1 Å². The van der Waals surface area contributed by atoms with Crippen molar-refractivity contribution in [2.75, 3.05) is 13.1 Å². The zero-order valence-corrected chi connectivity index (χ0v) is 10.3. The molecule has 0 heterocycles. The lowest BCUT2D eigenvalue weighted by molar-refractivity contribution is 0.621. The first kappa shape index (κ1) is 12.4. The molecule has 0 spiro atoms. The zero-order valence-electron chi connectivity index (χ0n) is 8.76. The minimum Gasteiger partial charge on any atom is -0.313 e. The van der Waals surface area contributed by atoms with Crippen LogP contribution in [0, 0.1) is 5.82 Å². The molecule has 0 amide bonds. The van der Waals surface area contributed by atoms with Gasteiger partial charge in [0, 0.05) is 6.54 Å². The van der Waals surface area contributed by atoms with Crippen LogP contribution in [0.25, 0.3) is 6.08 Å². The third-order valence-electron chi connectivity index (χ3n) is 1.94. The van der Waals surface area contributed by atoms with Crippen molar-refractivity contribution < 1.29 is 4.39 Å². The van der Waals surface area contributed by atoms with Crippen LogP contribution in [-0.2, 0) is 0 Å². The van der Waals surface area contributed by atoms with Crippen molar-refractivity contribution in [2.24, 2.45) is 0 Å². The van der Waals surface area contributed by atoms with E-state index in [2.05, 4.69) is 28.2 Å². The average Bonchev–Trinajstić information content (AvgIpc) is 2.23. The van der Waals surface area contributed by atoms with E-state index in [9.17, 15) is 4.39 Å². The minimum absolute atomic E-state index is 0.226. The molecule has 1 nitrogen and oxygen atoms in total. The molecule has 0 saturated carbocycles. The van der Waals surface area contributed by atoms with Gasteiger partial charge < -0.3 is 5.32 Å². The second kappa shape index (κ2) is 6.75. The van der Waals surface area contributed by atoms with Crippen molar-refractivity contribution in [2.45, 2.75) is 13.3 Å². The van der Waals surface area contributed by atoms with Crippen LogP contribution in [0.3, 0.4) is 0 Å².